The molecule has 0 spiro atoms. The number of hydrogen-bond acceptors (Lipinski definition) is 5. The predicted molar refractivity (Wildman–Crippen MR) is 105 cm³/mol. The van der Waals surface area contributed by atoms with E-state index in [1.165, 1.54) is 11.8 Å². The van der Waals surface area contributed by atoms with Gasteiger partial charge in [0.1, 0.15) is 12.4 Å². The van der Waals surface area contributed by atoms with E-state index in [0.29, 0.717) is 10.8 Å². The van der Waals surface area contributed by atoms with Gasteiger partial charge < -0.3 is 14.4 Å². The molecule has 0 saturated heterocycles. The van der Waals surface area contributed by atoms with E-state index in [9.17, 15) is 5.11 Å². The van der Waals surface area contributed by atoms with Crippen molar-refractivity contribution in [2.45, 2.75) is 18.2 Å². The minimum absolute atomic E-state index is 0.234. The van der Waals surface area contributed by atoms with E-state index in [1.54, 1.807) is 0 Å². The van der Waals surface area contributed by atoms with E-state index in [1.807, 2.05) is 67.1 Å². The molecular weight excluding hydrogens is 370 g/mol. The summed E-state index contributed by atoms with van der Waals surface area (Å²) in [6.45, 7) is 2.24. The van der Waals surface area contributed by atoms with Gasteiger partial charge in [-0.2, -0.15) is 0 Å². The van der Waals surface area contributed by atoms with E-state index in [2.05, 4.69) is 10.2 Å². The van der Waals surface area contributed by atoms with Crippen molar-refractivity contribution in [3.05, 3.63) is 59.1 Å². The quantitative estimate of drug-likeness (QED) is 0.619. The third-order valence-corrected chi connectivity index (χ3v) is 5.19. The first-order valence-corrected chi connectivity index (χ1v) is 9.55. The molecule has 0 radical (unpaired) electrons. The van der Waals surface area contributed by atoms with Gasteiger partial charge in [0.05, 0.1) is 6.10 Å². The number of aliphatic hydroxyl groups excluding tert-OH is 1. The lowest BCUT2D eigenvalue weighted by atomic mass is 10.2. The Hall–Kier alpha value is -2.02. The van der Waals surface area contributed by atoms with Crippen LogP contribution in [0.4, 0.5) is 0 Å². The lowest BCUT2D eigenvalue weighted by Crippen LogP contribution is -2.20. The smallest absolute Gasteiger partial charge is 0.191 e. The molecule has 136 valence electrons. The number of hydrogen-bond donors (Lipinski definition) is 1. The van der Waals surface area contributed by atoms with E-state index in [0.717, 1.165) is 27.9 Å². The van der Waals surface area contributed by atoms with Crippen molar-refractivity contribution in [1.82, 2.24) is 14.8 Å². The summed E-state index contributed by atoms with van der Waals surface area (Å²) in [6.07, 6.45) is -0.601. The Morgan fingerprint density at radius 1 is 1.19 bits per heavy atom. The number of aromatic nitrogens is 3. The van der Waals surface area contributed by atoms with Gasteiger partial charge in [0, 0.05) is 23.4 Å². The maximum absolute atomic E-state index is 10.2. The fraction of sp³-hybridized carbons (Fsp3) is 0.263. The molecule has 26 heavy (non-hydrogen) atoms. The number of rotatable bonds is 7. The van der Waals surface area contributed by atoms with Crippen molar-refractivity contribution in [3.63, 3.8) is 0 Å². The molecule has 3 aromatic rings. The number of ether oxygens (including phenoxy) is 1. The van der Waals surface area contributed by atoms with Crippen LogP contribution < -0.4 is 4.74 Å². The Balaban J connectivity index is 1.55. The van der Waals surface area contributed by atoms with Crippen molar-refractivity contribution in [2.75, 3.05) is 12.4 Å². The van der Waals surface area contributed by atoms with Gasteiger partial charge in [0.2, 0.25) is 0 Å². The zero-order chi connectivity index (χ0) is 18.5. The molecule has 0 fully saturated rings. The number of aliphatic hydroxyl groups is 1. The molecule has 0 aliphatic carbocycles. The molecule has 7 heteroatoms. The first kappa shape index (κ1) is 18.8. The number of halogens is 1. The van der Waals surface area contributed by atoms with Crippen molar-refractivity contribution in [1.29, 1.82) is 0 Å². The molecule has 0 aliphatic heterocycles. The highest BCUT2D eigenvalue weighted by atomic mass is 35.5. The summed E-state index contributed by atoms with van der Waals surface area (Å²) in [5, 5.41) is 20.0. The first-order valence-electron chi connectivity index (χ1n) is 8.18. The van der Waals surface area contributed by atoms with E-state index < -0.39 is 6.10 Å². The van der Waals surface area contributed by atoms with Gasteiger partial charge in [-0.1, -0.05) is 35.5 Å². The Bertz CT molecular complexity index is 867. The maximum atomic E-state index is 10.2. The van der Waals surface area contributed by atoms with Crippen LogP contribution in [0.25, 0.3) is 11.4 Å². The van der Waals surface area contributed by atoms with Crippen LogP contribution in [0.1, 0.15) is 5.56 Å². The number of nitrogens with zero attached hydrogens (tertiary/aromatic N) is 3. The summed E-state index contributed by atoms with van der Waals surface area (Å²) in [5.74, 6) is 1.99. The Labute approximate surface area is 162 Å². The topological polar surface area (TPSA) is 60.2 Å². The van der Waals surface area contributed by atoms with Crippen molar-refractivity contribution < 1.29 is 9.84 Å². The van der Waals surface area contributed by atoms with Gasteiger partial charge in [-0.3, -0.25) is 0 Å². The summed E-state index contributed by atoms with van der Waals surface area (Å²) >= 11 is 7.37. The molecule has 1 aromatic heterocycles. The predicted octanol–water partition coefficient (Wildman–Crippen LogP) is 3.98. The van der Waals surface area contributed by atoms with E-state index in [4.69, 9.17) is 16.3 Å². The molecule has 3 rings (SSSR count). The van der Waals surface area contributed by atoms with E-state index in [-0.39, 0.29) is 6.61 Å². The van der Waals surface area contributed by atoms with Crippen molar-refractivity contribution >= 4 is 23.4 Å². The average molecular weight is 390 g/mol. The second-order valence-electron chi connectivity index (χ2n) is 5.96. The average Bonchev–Trinajstić information content (AvgIpc) is 3.00. The fourth-order valence-electron chi connectivity index (χ4n) is 2.41. The minimum atomic E-state index is -0.601. The van der Waals surface area contributed by atoms with Crippen LogP contribution >= 0.6 is 23.4 Å². The monoisotopic (exact) mass is 389 g/mol. The summed E-state index contributed by atoms with van der Waals surface area (Å²) in [7, 11) is 1.90. The number of benzene rings is 2. The fourth-order valence-corrected chi connectivity index (χ4v) is 3.35. The number of aryl methyl sites for hydroxylation is 1. The summed E-state index contributed by atoms with van der Waals surface area (Å²) in [4.78, 5) is 0. The molecular formula is C19H20ClN3O2S. The second-order valence-corrected chi connectivity index (χ2v) is 7.39. The van der Waals surface area contributed by atoms with Gasteiger partial charge in [-0.25, -0.2) is 0 Å². The summed E-state index contributed by atoms with van der Waals surface area (Å²) in [6, 6.07) is 15.2. The summed E-state index contributed by atoms with van der Waals surface area (Å²) < 4.78 is 7.54. The van der Waals surface area contributed by atoms with Gasteiger partial charge in [0.15, 0.2) is 11.0 Å². The SMILES string of the molecule is Cc1cccc(OC[C@H](O)CSc2nnc(-c3ccc(Cl)cc3)n2C)c1. The van der Waals surface area contributed by atoms with Crippen molar-refractivity contribution in [3.8, 4) is 17.1 Å². The van der Waals surface area contributed by atoms with Gasteiger partial charge in [-0.15, -0.1) is 10.2 Å². The highest BCUT2D eigenvalue weighted by Gasteiger charge is 2.14. The van der Waals surface area contributed by atoms with Crippen LogP contribution in [-0.2, 0) is 7.05 Å². The maximum Gasteiger partial charge on any atom is 0.191 e. The van der Waals surface area contributed by atoms with Crippen LogP contribution in [0.5, 0.6) is 5.75 Å². The van der Waals surface area contributed by atoms with Crippen LogP contribution in [0.15, 0.2) is 53.7 Å². The van der Waals surface area contributed by atoms with E-state index >= 15 is 0 Å². The van der Waals surface area contributed by atoms with Crippen LogP contribution in [-0.4, -0.2) is 38.3 Å². The molecule has 1 N–H and O–H groups in total. The molecule has 0 bridgehead atoms. The zero-order valence-electron chi connectivity index (χ0n) is 14.6. The zero-order valence-corrected chi connectivity index (χ0v) is 16.2. The third-order valence-electron chi connectivity index (χ3n) is 3.77. The first-order chi connectivity index (χ1) is 12.5. The lowest BCUT2D eigenvalue weighted by Gasteiger charge is -2.12. The largest absolute Gasteiger partial charge is 0.491 e. The Morgan fingerprint density at radius 2 is 1.96 bits per heavy atom. The third kappa shape index (κ3) is 4.78. The molecule has 1 heterocycles. The second kappa shape index (κ2) is 8.58. The molecule has 0 unspecified atom stereocenters. The molecule has 0 amide bonds. The normalized spacial score (nSPS) is 12.2. The molecule has 0 saturated carbocycles. The van der Waals surface area contributed by atoms with Crippen LogP contribution in [0.3, 0.4) is 0 Å². The minimum Gasteiger partial charge on any atom is -0.491 e. The van der Waals surface area contributed by atoms with Gasteiger partial charge in [0.25, 0.3) is 0 Å². The molecule has 5 nitrogen and oxygen atoms in total. The Kier molecular flexibility index (Phi) is 6.19. The molecule has 1 atom stereocenters. The molecule has 0 aliphatic rings. The highest BCUT2D eigenvalue weighted by molar-refractivity contribution is 7.99. The highest BCUT2D eigenvalue weighted by Crippen LogP contribution is 2.24. The number of thioether (sulfide) groups is 1. The standard InChI is InChI=1S/C19H20ClN3O2S/c1-13-4-3-5-17(10-13)25-11-16(24)12-26-19-22-21-18(23(19)2)14-6-8-15(20)9-7-14/h3-10,16,24H,11-12H2,1-2H3/t16-/m0/s1. The lowest BCUT2D eigenvalue weighted by molar-refractivity contribution is 0.126. The Morgan fingerprint density at radius 3 is 2.69 bits per heavy atom. The van der Waals surface area contributed by atoms with Gasteiger partial charge >= 0.3 is 0 Å². The van der Waals surface area contributed by atoms with Crippen LogP contribution in [0, 0.1) is 6.92 Å². The van der Waals surface area contributed by atoms with Gasteiger partial charge in [-0.05, 0) is 48.9 Å². The molecule has 2 aromatic carbocycles. The van der Waals surface area contributed by atoms with Crippen LogP contribution in [0.2, 0.25) is 5.02 Å². The van der Waals surface area contributed by atoms with Crippen molar-refractivity contribution in [2.24, 2.45) is 7.05 Å². The summed E-state index contributed by atoms with van der Waals surface area (Å²) in [5.41, 5.74) is 2.07.